The molecule has 0 spiro atoms. The van der Waals surface area contributed by atoms with E-state index in [0.29, 0.717) is 0 Å². The molecule has 0 aliphatic rings. The van der Waals surface area contributed by atoms with Gasteiger partial charge < -0.3 is 10.6 Å². The molecule has 0 aliphatic heterocycles. The topological polar surface area (TPSA) is 24.1 Å². The van der Waals surface area contributed by atoms with Crippen LogP contribution in [0, 0.1) is 0 Å². The molecule has 2 rings (SSSR count). The van der Waals surface area contributed by atoms with Gasteiger partial charge in [0.25, 0.3) is 0 Å². The first-order valence-electron chi connectivity index (χ1n) is 6.94. The molecule has 2 N–H and O–H groups in total. The Labute approximate surface area is 115 Å². The first kappa shape index (κ1) is 13.5. The summed E-state index contributed by atoms with van der Waals surface area (Å²) in [7, 11) is 1.93. The SMILES string of the molecule is CCc1cccc(CC)c1Nc1ccc(NC)cc1. The van der Waals surface area contributed by atoms with Gasteiger partial charge in [0.1, 0.15) is 0 Å². The summed E-state index contributed by atoms with van der Waals surface area (Å²) in [5.41, 5.74) is 6.28. The highest BCUT2D eigenvalue weighted by atomic mass is 14.9. The van der Waals surface area contributed by atoms with Gasteiger partial charge in [0, 0.05) is 24.1 Å². The molecule has 0 heterocycles. The van der Waals surface area contributed by atoms with Crippen molar-refractivity contribution in [2.45, 2.75) is 26.7 Å². The first-order chi connectivity index (χ1) is 9.28. The lowest BCUT2D eigenvalue weighted by Crippen LogP contribution is -2.00. The smallest absolute Gasteiger partial charge is 0.0449 e. The summed E-state index contributed by atoms with van der Waals surface area (Å²) >= 11 is 0. The Morgan fingerprint density at radius 2 is 1.32 bits per heavy atom. The number of anilines is 3. The van der Waals surface area contributed by atoms with Crippen LogP contribution in [0.4, 0.5) is 17.1 Å². The van der Waals surface area contributed by atoms with Gasteiger partial charge in [-0.25, -0.2) is 0 Å². The second-order valence-electron chi connectivity index (χ2n) is 4.61. The lowest BCUT2D eigenvalue weighted by atomic mass is 10.0. The van der Waals surface area contributed by atoms with E-state index in [-0.39, 0.29) is 0 Å². The average Bonchev–Trinajstić information content (AvgIpc) is 2.48. The highest BCUT2D eigenvalue weighted by molar-refractivity contribution is 5.68. The number of hydrogen-bond acceptors (Lipinski definition) is 2. The monoisotopic (exact) mass is 254 g/mol. The molecule has 0 aliphatic carbocycles. The molecule has 0 fully saturated rings. The quantitative estimate of drug-likeness (QED) is 0.815. The molecule has 19 heavy (non-hydrogen) atoms. The molecule has 0 unspecified atom stereocenters. The summed E-state index contributed by atoms with van der Waals surface area (Å²) < 4.78 is 0. The Hall–Kier alpha value is -1.96. The van der Waals surface area contributed by atoms with Crippen LogP contribution in [0.25, 0.3) is 0 Å². The van der Waals surface area contributed by atoms with Gasteiger partial charge in [0.05, 0.1) is 0 Å². The van der Waals surface area contributed by atoms with Gasteiger partial charge >= 0.3 is 0 Å². The summed E-state index contributed by atoms with van der Waals surface area (Å²) in [6, 6.07) is 14.9. The maximum atomic E-state index is 3.57. The fourth-order valence-electron chi connectivity index (χ4n) is 2.27. The van der Waals surface area contributed by atoms with Crippen molar-refractivity contribution in [2.24, 2.45) is 0 Å². The maximum absolute atomic E-state index is 3.57. The molecule has 0 saturated heterocycles. The van der Waals surface area contributed by atoms with Crippen LogP contribution in [0.1, 0.15) is 25.0 Å². The third kappa shape index (κ3) is 3.08. The number of rotatable bonds is 5. The van der Waals surface area contributed by atoms with E-state index in [1.165, 1.54) is 16.8 Å². The maximum Gasteiger partial charge on any atom is 0.0449 e. The fourth-order valence-corrected chi connectivity index (χ4v) is 2.27. The Morgan fingerprint density at radius 3 is 1.79 bits per heavy atom. The zero-order chi connectivity index (χ0) is 13.7. The molecular weight excluding hydrogens is 232 g/mol. The Balaban J connectivity index is 2.30. The van der Waals surface area contributed by atoms with Crippen molar-refractivity contribution in [3.63, 3.8) is 0 Å². The van der Waals surface area contributed by atoms with Crippen LogP contribution in [0.2, 0.25) is 0 Å². The summed E-state index contributed by atoms with van der Waals surface area (Å²) in [4.78, 5) is 0. The standard InChI is InChI=1S/C17H22N2/c1-4-13-7-6-8-14(5-2)17(13)19-16-11-9-15(18-3)10-12-16/h6-12,18-19H,4-5H2,1-3H3. The van der Waals surface area contributed by atoms with E-state index in [1.54, 1.807) is 0 Å². The van der Waals surface area contributed by atoms with Crippen molar-refractivity contribution in [1.29, 1.82) is 0 Å². The highest BCUT2D eigenvalue weighted by Gasteiger charge is 2.06. The molecule has 2 nitrogen and oxygen atoms in total. The van der Waals surface area contributed by atoms with Gasteiger partial charge in [-0.15, -0.1) is 0 Å². The summed E-state index contributed by atoms with van der Waals surface area (Å²) in [6.45, 7) is 4.40. The molecule has 0 radical (unpaired) electrons. The average molecular weight is 254 g/mol. The molecule has 0 aromatic heterocycles. The molecule has 0 atom stereocenters. The van der Waals surface area contributed by atoms with Crippen LogP contribution < -0.4 is 10.6 Å². The summed E-state index contributed by atoms with van der Waals surface area (Å²) in [6.07, 6.45) is 2.09. The zero-order valence-corrected chi connectivity index (χ0v) is 12.0. The first-order valence-corrected chi connectivity index (χ1v) is 6.94. The predicted molar refractivity (Wildman–Crippen MR) is 84.5 cm³/mol. The number of hydrogen-bond donors (Lipinski definition) is 2. The number of nitrogens with one attached hydrogen (secondary N) is 2. The Kier molecular flexibility index (Phi) is 4.45. The van der Waals surface area contributed by atoms with Crippen molar-refractivity contribution < 1.29 is 0 Å². The second-order valence-corrected chi connectivity index (χ2v) is 4.61. The zero-order valence-electron chi connectivity index (χ0n) is 12.0. The summed E-state index contributed by atoms with van der Waals surface area (Å²) in [5, 5.41) is 6.70. The van der Waals surface area contributed by atoms with Gasteiger partial charge in [-0.3, -0.25) is 0 Å². The highest BCUT2D eigenvalue weighted by Crippen LogP contribution is 2.27. The van der Waals surface area contributed by atoms with Crippen molar-refractivity contribution in [3.8, 4) is 0 Å². The van der Waals surface area contributed by atoms with Gasteiger partial charge in [-0.2, -0.15) is 0 Å². The van der Waals surface area contributed by atoms with Crippen LogP contribution >= 0.6 is 0 Å². The molecule has 2 aromatic carbocycles. The van der Waals surface area contributed by atoms with Gasteiger partial charge in [0.2, 0.25) is 0 Å². The second kappa shape index (κ2) is 6.28. The summed E-state index contributed by atoms with van der Waals surface area (Å²) in [5.74, 6) is 0. The van der Waals surface area contributed by atoms with Crippen molar-refractivity contribution in [1.82, 2.24) is 0 Å². The minimum Gasteiger partial charge on any atom is -0.388 e. The fraction of sp³-hybridized carbons (Fsp3) is 0.294. The lowest BCUT2D eigenvalue weighted by Gasteiger charge is -2.15. The van der Waals surface area contributed by atoms with Crippen molar-refractivity contribution >= 4 is 17.1 Å². The molecule has 0 bridgehead atoms. The minimum atomic E-state index is 1.05. The van der Waals surface area contributed by atoms with Gasteiger partial charge in [0.15, 0.2) is 0 Å². The van der Waals surface area contributed by atoms with E-state index in [4.69, 9.17) is 0 Å². The van der Waals surface area contributed by atoms with E-state index in [1.807, 2.05) is 7.05 Å². The van der Waals surface area contributed by atoms with E-state index < -0.39 is 0 Å². The van der Waals surface area contributed by atoms with Crippen LogP contribution in [-0.4, -0.2) is 7.05 Å². The van der Waals surface area contributed by atoms with Crippen molar-refractivity contribution in [3.05, 3.63) is 53.6 Å². The number of benzene rings is 2. The van der Waals surface area contributed by atoms with E-state index >= 15 is 0 Å². The van der Waals surface area contributed by atoms with Crippen molar-refractivity contribution in [2.75, 3.05) is 17.7 Å². The molecule has 2 heteroatoms. The van der Waals surface area contributed by atoms with Gasteiger partial charge in [-0.1, -0.05) is 32.0 Å². The van der Waals surface area contributed by atoms with E-state index in [0.717, 1.165) is 24.2 Å². The van der Waals surface area contributed by atoms with E-state index in [2.05, 4.69) is 66.9 Å². The Bertz CT molecular complexity index is 507. The molecule has 0 saturated carbocycles. The third-order valence-electron chi connectivity index (χ3n) is 3.44. The normalized spacial score (nSPS) is 10.3. The molecule has 0 amide bonds. The largest absolute Gasteiger partial charge is 0.388 e. The van der Waals surface area contributed by atoms with Crippen LogP contribution in [0.15, 0.2) is 42.5 Å². The lowest BCUT2D eigenvalue weighted by molar-refractivity contribution is 1.09. The minimum absolute atomic E-state index is 1.05. The molecule has 100 valence electrons. The predicted octanol–water partition coefficient (Wildman–Crippen LogP) is 4.60. The molecular formula is C17H22N2. The van der Waals surface area contributed by atoms with Crippen LogP contribution in [0.5, 0.6) is 0 Å². The number of aryl methyl sites for hydroxylation is 2. The van der Waals surface area contributed by atoms with Crippen LogP contribution in [-0.2, 0) is 12.8 Å². The number of para-hydroxylation sites is 1. The molecule has 2 aromatic rings. The Morgan fingerprint density at radius 1 is 0.789 bits per heavy atom. The third-order valence-corrected chi connectivity index (χ3v) is 3.44. The van der Waals surface area contributed by atoms with Crippen LogP contribution in [0.3, 0.4) is 0 Å². The van der Waals surface area contributed by atoms with E-state index in [9.17, 15) is 0 Å². The van der Waals surface area contributed by atoms with Gasteiger partial charge in [-0.05, 0) is 48.2 Å².